The van der Waals surface area contributed by atoms with Gasteiger partial charge in [-0.05, 0) is 21.1 Å². The van der Waals surface area contributed by atoms with Crippen LogP contribution in [0.5, 0.6) is 0 Å². The summed E-state index contributed by atoms with van der Waals surface area (Å²) in [5, 5.41) is 12.0. The van der Waals surface area contributed by atoms with Gasteiger partial charge < -0.3 is 15.3 Å². The Morgan fingerprint density at radius 2 is 2.00 bits per heavy atom. The quantitative estimate of drug-likeness (QED) is 0.597. The number of halogens is 1. The first kappa shape index (κ1) is 12.8. The number of hydrogen-bond donors (Lipinski definition) is 2. The Morgan fingerprint density at radius 1 is 1.50 bits per heavy atom. The van der Waals surface area contributed by atoms with Gasteiger partial charge in [-0.3, -0.25) is 0 Å². The van der Waals surface area contributed by atoms with E-state index in [-0.39, 0.29) is 18.5 Å². The molecule has 0 saturated heterocycles. The van der Waals surface area contributed by atoms with E-state index in [2.05, 4.69) is 5.32 Å². The fourth-order valence-corrected chi connectivity index (χ4v) is 0.722. The van der Waals surface area contributed by atoms with E-state index in [1.54, 1.807) is 0 Å². The van der Waals surface area contributed by atoms with Crippen molar-refractivity contribution in [3.05, 3.63) is 0 Å². The van der Waals surface area contributed by atoms with E-state index in [9.17, 15) is 0 Å². The molecule has 0 aromatic heterocycles. The predicted octanol–water partition coefficient (Wildman–Crippen LogP) is -0.450. The largest absolute Gasteiger partial charge is 0.390 e. The molecule has 0 radical (unpaired) electrons. The zero-order valence-electron chi connectivity index (χ0n) is 6.79. The molecule has 0 bridgehead atoms. The first-order valence-corrected chi connectivity index (χ1v) is 3.14. The van der Waals surface area contributed by atoms with E-state index in [0.717, 1.165) is 6.54 Å². The Kier molecular flexibility index (Phi) is 9.33. The van der Waals surface area contributed by atoms with E-state index >= 15 is 0 Å². The normalized spacial score (nSPS) is 12.9. The van der Waals surface area contributed by atoms with Gasteiger partial charge in [0.25, 0.3) is 0 Å². The van der Waals surface area contributed by atoms with Gasteiger partial charge in [0.2, 0.25) is 0 Å². The molecular formula is C6H17ClN2O. The van der Waals surface area contributed by atoms with Crippen LogP contribution in [0.25, 0.3) is 0 Å². The molecule has 0 rings (SSSR count). The number of aliphatic hydroxyl groups excluding tert-OH is 1. The SMILES string of the molecule is CNCC(O)CN(C)C.Cl. The smallest absolute Gasteiger partial charge is 0.0790 e. The minimum Gasteiger partial charge on any atom is -0.390 e. The van der Waals surface area contributed by atoms with Crippen LogP contribution in [0.3, 0.4) is 0 Å². The maximum atomic E-state index is 9.12. The maximum absolute atomic E-state index is 9.12. The molecule has 64 valence electrons. The number of likely N-dealkylation sites (N-methyl/N-ethyl adjacent to an activating group) is 2. The lowest BCUT2D eigenvalue weighted by Crippen LogP contribution is -2.33. The summed E-state index contributed by atoms with van der Waals surface area (Å²) in [6.45, 7) is 1.39. The number of nitrogens with zero attached hydrogens (tertiary/aromatic N) is 1. The molecule has 0 heterocycles. The molecule has 0 aliphatic carbocycles. The molecule has 0 aliphatic heterocycles. The first-order chi connectivity index (χ1) is 4.16. The highest BCUT2D eigenvalue weighted by atomic mass is 35.5. The zero-order chi connectivity index (χ0) is 7.28. The Morgan fingerprint density at radius 3 is 2.30 bits per heavy atom. The van der Waals surface area contributed by atoms with Gasteiger partial charge in [0.1, 0.15) is 0 Å². The molecule has 0 saturated carbocycles. The third-order valence-electron chi connectivity index (χ3n) is 1.02. The third kappa shape index (κ3) is 8.17. The Labute approximate surface area is 68.8 Å². The van der Waals surface area contributed by atoms with Gasteiger partial charge >= 0.3 is 0 Å². The summed E-state index contributed by atoms with van der Waals surface area (Å²) >= 11 is 0. The average Bonchev–Trinajstić information content (AvgIpc) is 1.63. The molecule has 0 amide bonds. The lowest BCUT2D eigenvalue weighted by molar-refractivity contribution is 0.137. The minimum absolute atomic E-state index is 0. The van der Waals surface area contributed by atoms with Gasteiger partial charge in [0, 0.05) is 13.1 Å². The topological polar surface area (TPSA) is 35.5 Å². The van der Waals surface area contributed by atoms with E-state index in [0.29, 0.717) is 6.54 Å². The Hall–Kier alpha value is 0.170. The third-order valence-corrected chi connectivity index (χ3v) is 1.02. The van der Waals surface area contributed by atoms with E-state index < -0.39 is 0 Å². The second kappa shape index (κ2) is 7.28. The van der Waals surface area contributed by atoms with Crippen LogP contribution in [0.4, 0.5) is 0 Å². The van der Waals surface area contributed by atoms with Crippen LogP contribution in [-0.2, 0) is 0 Å². The summed E-state index contributed by atoms with van der Waals surface area (Å²) in [6, 6.07) is 0. The van der Waals surface area contributed by atoms with Gasteiger partial charge in [-0.2, -0.15) is 0 Å². The van der Waals surface area contributed by atoms with Gasteiger partial charge in [0.05, 0.1) is 6.10 Å². The first-order valence-electron chi connectivity index (χ1n) is 3.14. The molecule has 4 heteroatoms. The van der Waals surface area contributed by atoms with E-state index in [1.807, 2.05) is 26.0 Å². The van der Waals surface area contributed by atoms with Crippen LogP contribution >= 0.6 is 12.4 Å². The number of rotatable bonds is 4. The highest BCUT2D eigenvalue weighted by Crippen LogP contribution is 1.81. The summed E-state index contributed by atoms with van der Waals surface area (Å²) in [6.07, 6.45) is -0.245. The van der Waals surface area contributed by atoms with Crippen LogP contribution in [0.15, 0.2) is 0 Å². The molecule has 0 fully saturated rings. The number of hydrogen-bond acceptors (Lipinski definition) is 3. The van der Waals surface area contributed by atoms with Gasteiger partial charge in [0.15, 0.2) is 0 Å². The second-order valence-electron chi connectivity index (χ2n) is 2.47. The summed E-state index contributed by atoms with van der Waals surface area (Å²) in [5.74, 6) is 0. The molecular weight excluding hydrogens is 152 g/mol. The standard InChI is InChI=1S/C6H16N2O.ClH/c1-7-4-6(9)5-8(2)3;/h6-7,9H,4-5H2,1-3H3;1H. The molecule has 0 spiro atoms. The predicted molar refractivity (Wildman–Crippen MR) is 45.7 cm³/mol. The van der Waals surface area contributed by atoms with Crippen LogP contribution in [0.1, 0.15) is 0 Å². The zero-order valence-corrected chi connectivity index (χ0v) is 7.61. The van der Waals surface area contributed by atoms with Crippen molar-refractivity contribution in [2.75, 3.05) is 34.2 Å². The van der Waals surface area contributed by atoms with Crippen LogP contribution < -0.4 is 5.32 Å². The molecule has 1 unspecified atom stereocenters. The Balaban J connectivity index is 0. The fourth-order valence-electron chi connectivity index (χ4n) is 0.722. The monoisotopic (exact) mass is 168 g/mol. The average molecular weight is 169 g/mol. The summed E-state index contributed by atoms with van der Waals surface area (Å²) in [5.41, 5.74) is 0. The van der Waals surface area contributed by atoms with Crippen LogP contribution in [0.2, 0.25) is 0 Å². The van der Waals surface area contributed by atoms with Gasteiger partial charge in [-0.25, -0.2) is 0 Å². The summed E-state index contributed by atoms with van der Waals surface area (Å²) in [4.78, 5) is 1.96. The van der Waals surface area contributed by atoms with E-state index in [4.69, 9.17) is 5.11 Å². The highest BCUT2D eigenvalue weighted by Gasteiger charge is 2.01. The van der Waals surface area contributed by atoms with E-state index in [1.165, 1.54) is 0 Å². The molecule has 2 N–H and O–H groups in total. The summed E-state index contributed by atoms with van der Waals surface area (Å²) < 4.78 is 0. The lowest BCUT2D eigenvalue weighted by Gasteiger charge is -2.14. The van der Waals surface area contributed by atoms with Crippen molar-refractivity contribution in [2.45, 2.75) is 6.10 Å². The van der Waals surface area contributed by atoms with Gasteiger partial charge in [-0.15, -0.1) is 12.4 Å². The highest BCUT2D eigenvalue weighted by molar-refractivity contribution is 5.85. The van der Waals surface area contributed by atoms with Crippen molar-refractivity contribution in [3.63, 3.8) is 0 Å². The second-order valence-corrected chi connectivity index (χ2v) is 2.47. The number of nitrogens with one attached hydrogen (secondary N) is 1. The molecule has 1 atom stereocenters. The maximum Gasteiger partial charge on any atom is 0.0790 e. The summed E-state index contributed by atoms with van der Waals surface area (Å²) in [7, 11) is 5.72. The van der Waals surface area contributed by atoms with Crippen molar-refractivity contribution in [2.24, 2.45) is 0 Å². The Bertz CT molecular complexity index is 70.8. The minimum atomic E-state index is -0.245. The van der Waals surface area contributed by atoms with Gasteiger partial charge in [-0.1, -0.05) is 0 Å². The van der Waals surface area contributed by atoms with Crippen molar-refractivity contribution in [1.82, 2.24) is 10.2 Å². The van der Waals surface area contributed by atoms with Crippen molar-refractivity contribution in [3.8, 4) is 0 Å². The van der Waals surface area contributed by atoms with Crippen molar-refractivity contribution in [1.29, 1.82) is 0 Å². The van der Waals surface area contributed by atoms with Crippen LogP contribution in [-0.4, -0.2) is 50.3 Å². The lowest BCUT2D eigenvalue weighted by atomic mass is 10.3. The molecule has 10 heavy (non-hydrogen) atoms. The van der Waals surface area contributed by atoms with Crippen LogP contribution in [0, 0.1) is 0 Å². The molecule has 0 aromatic rings. The molecule has 0 aromatic carbocycles. The molecule has 0 aliphatic rings. The molecule has 3 nitrogen and oxygen atoms in total. The fraction of sp³-hybridized carbons (Fsp3) is 1.00. The van der Waals surface area contributed by atoms with Crippen molar-refractivity contribution < 1.29 is 5.11 Å². The number of aliphatic hydroxyl groups is 1. The van der Waals surface area contributed by atoms with Crippen molar-refractivity contribution >= 4 is 12.4 Å².